The molecule has 0 atom stereocenters. The molecule has 1 aliphatic carbocycles. The van der Waals surface area contributed by atoms with Crippen LogP contribution in [0.4, 0.5) is 0 Å². The van der Waals surface area contributed by atoms with E-state index in [9.17, 15) is 9.90 Å². The van der Waals surface area contributed by atoms with E-state index >= 15 is 0 Å². The molecule has 110 valence electrons. The van der Waals surface area contributed by atoms with Gasteiger partial charge in [-0.25, -0.2) is 0 Å². The van der Waals surface area contributed by atoms with E-state index in [1.165, 1.54) is 31.3 Å². The lowest BCUT2D eigenvalue weighted by Gasteiger charge is -2.24. The van der Waals surface area contributed by atoms with Gasteiger partial charge in [0.05, 0.1) is 12.1 Å². The molecule has 2 N–H and O–H groups in total. The van der Waals surface area contributed by atoms with Crippen molar-refractivity contribution in [1.29, 1.82) is 0 Å². The molecule has 4 nitrogen and oxygen atoms in total. The van der Waals surface area contributed by atoms with Gasteiger partial charge in [-0.2, -0.15) is 0 Å². The Balaban J connectivity index is 2.15. The molecule has 0 aromatic rings. The zero-order valence-corrected chi connectivity index (χ0v) is 12.5. The number of rotatable bonds is 7. The van der Waals surface area contributed by atoms with Crippen molar-refractivity contribution in [3.63, 3.8) is 0 Å². The first-order chi connectivity index (χ1) is 8.87. The van der Waals surface area contributed by atoms with Crippen LogP contribution < -0.4 is 5.32 Å². The molecule has 0 spiro atoms. The Bertz CT molecular complexity index is 319. The Morgan fingerprint density at radius 1 is 1.47 bits per heavy atom. The number of hydrogen-bond acceptors (Lipinski definition) is 3. The van der Waals surface area contributed by atoms with E-state index < -0.39 is 5.60 Å². The second-order valence-corrected chi connectivity index (χ2v) is 6.19. The Kier molecular flexibility index (Phi) is 6.52. The first-order valence-corrected chi connectivity index (χ1v) is 7.22. The number of aliphatic hydroxyl groups is 1. The molecule has 1 amide bonds. The first kappa shape index (κ1) is 16.2. The summed E-state index contributed by atoms with van der Waals surface area (Å²) in [6, 6.07) is 0. The fraction of sp³-hybridized carbons (Fsp3) is 0.800. The summed E-state index contributed by atoms with van der Waals surface area (Å²) in [4.78, 5) is 13.6. The summed E-state index contributed by atoms with van der Waals surface area (Å²) in [7, 11) is 1.85. The summed E-state index contributed by atoms with van der Waals surface area (Å²) >= 11 is 0. The number of nitrogens with one attached hydrogen (secondary N) is 1. The summed E-state index contributed by atoms with van der Waals surface area (Å²) < 4.78 is 0. The highest BCUT2D eigenvalue weighted by molar-refractivity contribution is 5.77. The van der Waals surface area contributed by atoms with Gasteiger partial charge < -0.3 is 10.4 Å². The number of likely N-dealkylation sites (N-methyl/N-ethyl adjacent to an activating group) is 1. The third-order valence-electron chi connectivity index (χ3n) is 3.22. The van der Waals surface area contributed by atoms with Crippen LogP contribution in [0, 0.1) is 0 Å². The van der Waals surface area contributed by atoms with Crippen LogP contribution in [0.2, 0.25) is 0 Å². The van der Waals surface area contributed by atoms with Crippen molar-refractivity contribution in [2.75, 3.05) is 26.7 Å². The van der Waals surface area contributed by atoms with Crippen LogP contribution in [0.1, 0.15) is 46.0 Å². The number of amides is 1. The Labute approximate surface area is 116 Å². The highest BCUT2D eigenvalue weighted by atomic mass is 16.3. The average molecular weight is 268 g/mol. The van der Waals surface area contributed by atoms with Gasteiger partial charge in [0.25, 0.3) is 0 Å². The predicted molar refractivity (Wildman–Crippen MR) is 78.0 cm³/mol. The molecule has 1 rings (SSSR count). The third kappa shape index (κ3) is 8.01. The quantitative estimate of drug-likeness (QED) is 0.691. The fourth-order valence-corrected chi connectivity index (χ4v) is 2.51. The molecule has 0 saturated heterocycles. The van der Waals surface area contributed by atoms with Crippen LogP contribution in [-0.4, -0.2) is 48.2 Å². The second kappa shape index (κ2) is 7.65. The number of allylic oxidation sites excluding steroid dienone is 1. The van der Waals surface area contributed by atoms with Crippen molar-refractivity contribution in [2.45, 2.75) is 51.6 Å². The lowest BCUT2D eigenvalue weighted by Crippen LogP contribution is -2.42. The molecular formula is C15H28N2O2. The normalized spacial score (nSPS) is 16.4. The van der Waals surface area contributed by atoms with Crippen LogP contribution in [0.5, 0.6) is 0 Å². The molecule has 0 aromatic heterocycles. The lowest BCUT2D eigenvalue weighted by molar-refractivity contribution is -0.122. The van der Waals surface area contributed by atoms with Gasteiger partial charge in [-0.05, 0) is 53.0 Å². The molecule has 0 unspecified atom stereocenters. The van der Waals surface area contributed by atoms with E-state index in [1.54, 1.807) is 13.8 Å². The van der Waals surface area contributed by atoms with Crippen LogP contribution in [0.3, 0.4) is 0 Å². The number of hydrogen-bond donors (Lipinski definition) is 2. The molecule has 1 aliphatic rings. The van der Waals surface area contributed by atoms with Crippen LogP contribution in [-0.2, 0) is 4.79 Å². The Hall–Kier alpha value is -0.870. The maximum absolute atomic E-state index is 11.7. The number of carbonyl (C=O) groups excluding carboxylic acids is 1. The van der Waals surface area contributed by atoms with Gasteiger partial charge in [0.1, 0.15) is 0 Å². The van der Waals surface area contributed by atoms with Gasteiger partial charge in [-0.1, -0.05) is 11.6 Å². The Morgan fingerprint density at radius 2 is 2.21 bits per heavy atom. The van der Waals surface area contributed by atoms with Crippen LogP contribution in [0.25, 0.3) is 0 Å². The lowest BCUT2D eigenvalue weighted by atomic mass is 9.97. The van der Waals surface area contributed by atoms with Gasteiger partial charge in [-0.15, -0.1) is 0 Å². The summed E-state index contributed by atoms with van der Waals surface area (Å²) in [6.45, 7) is 5.05. The summed E-state index contributed by atoms with van der Waals surface area (Å²) in [5, 5.41) is 12.6. The second-order valence-electron chi connectivity index (χ2n) is 6.19. The maximum Gasteiger partial charge on any atom is 0.234 e. The largest absolute Gasteiger partial charge is 0.389 e. The first-order valence-electron chi connectivity index (χ1n) is 7.22. The van der Waals surface area contributed by atoms with E-state index in [0.29, 0.717) is 13.1 Å². The minimum Gasteiger partial charge on any atom is -0.389 e. The monoisotopic (exact) mass is 268 g/mol. The number of carbonyl (C=O) groups is 1. The molecule has 19 heavy (non-hydrogen) atoms. The highest BCUT2D eigenvalue weighted by Gasteiger charge is 2.17. The molecule has 0 radical (unpaired) electrons. The molecule has 4 heteroatoms. The van der Waals surface area contributed by atoms with E-state index in [-0.39, 0.29) is 5.91 Å². The van der Waals surface area contributed by atoms with Crippen LogP contribution >= 0.6 is 0 Å². The standard InChI is InChI=1S/C15H28N2O2/c1-15(2,19)12-17(3)11-14(18)16-10-9-13-7-5-4-6-8-13/h7,19H,4-6,8-12H2,1-3H3,(H,16,18). The zero-order valence-electron chi connectivity index (χ0n) is 12.5. The maximum atomic E-state index is 11.7. The minimum atomic E-state index is -0.762. The molecule has 0 aliphatic heterocycles. The molecule has 0 fully saturated rings. The minimum absolute atomic E-state index is 0.0307. The van der Waals surface area contributed by atoms with Crippen molar-refractivity contribution < 1.29 is 9.90 Å². The molecular weight excluding hydrogens is 240 g/mol. The molecule has 0 aromatic carbocycles. The van der Waals surface area contributed by atoms with Crippen molar-refractivity contribution in [2.24, 2.45) is 0 Å². The van der Waals surface area contributed by atoms with Gasteiger partial charge in [0.15, 0.2) is 0 Å². The summed E-state index contributed by atoms with van der Waals surface area (Å²) in [6.07, 6.45) is 8.26. The van der Waals surface area contributed by atoms with Crippen LogP contribution in [0.15, 0.2) is 11.6 Å². The smallest absolute Gasteiger partial charge is 0.234 e. The van der Waals surface area contributed by atoms with Crippen molar-refractivity contribution >= 4 is 5.91 Å². The zero-order chi connectivity index (χ0) is 14.3. The fourth-order valence-electron chi connectivity index (χ4n) is 2.51. The van der Waals surface area contributed by atoms with Crippen molar-refractivity contribution in [1.82, 2.24) is 10.2 Å². The van der Waals surface area contributed by atoms with Gasteiger partial charge in [0.2, 0.25) is 5.91 Å². The highest BCUT2D eigenvalue weighted by Crippen LogP contribution is 2.19. The topological polar surface area (TPSA) is 52.6 Å². The predicted octanol–water partition coefficient (Wildman–Crippen LogP) is 1.70. The number of nitrogens with zero attached hydrogens (tertiary/aromatic N) is 1. The molecule has 0 saturated carbocycles. The third-order valence-corrected chi connectivity index (χ3v) is 3.22. The average Bonchev–Trinajstić information content (AvgIpc) is 2.27. The molecule has 0 bridgehead atoms. The van der Waals surface area contributed by atoms with E-state index in [1.807, 2.05) is 11.9 Å². The van der Waals surface area contributed by atoms with Gasteiger partial charge in [-0.3, -0.25) is 9.69 Å². The van der Waals surface area contributed by atoms with Crippen molar-refractivity contribution in [3.8, 4) is 0 Å². The van der Waals surface area contributed by atoms with E-state index in [2.05, 4.69) is 11.4 Å². The van der Waals surface area contributed by atoms with Gasteiger partial charge >= 0.3 is 0 Å². The SMILES string of the molecule is CN(CC(=O)NCCC1=CCCCC1)CC(C)(C)O. The van der Waals surface area contributed by atoms with Crippen molar-refractivity contribution in [3.05, 3.63) is 11.6 Å². The Morgan fingerprint density at radius 3 is 2.79 bits per heavy atom. The van der Waals surface area contributed by atoms with E-state index in [4.69, 9.17) is 0 Å². The summed E-state index contributed by atoms with van der Waals surface area (Å²) in [5.41, 5.74) is 0.721. The van der Waals surface area contributed by atoms with Gasteiger partial charge in [0, 0.05) is 13.1 Å². The summed E-state index contributed by atoms with van der Waals surface area (Å²) in [5.74, 6) is 0.0307. The molecule has 0 heterocycles. The van der Waals surface area contributed by atoms with E-state index in [0.717, 1.165) is 13.0 Å².